The largest absolute Gasteiger partial charge is 0.472 e. The molecular weight excluding hydrogens is 744 g/mol. The zero-order valence-corrected chi connectivity index (χ0v) is 33.8. The maximum Gasteiger partial charge on any atom is 0.472 e. The van der Waals surface area contributed by atoms with Crippen molar-refractivity contribution in [2.45, 2.75) is 147 Å². The lowest BCUT2D eigenvalue weighted by Crippen LogP contribution is -2.39. The first-order valence-electron chi connectivity index (χ1n) is 20.1. The van der Waals surface area contributed by atoms with Crippen LogP contribution in [0, 0.1) is 17.1 Å². The topological polar surface area (TPSA) is 204 Å². The number of nitrogens with zero attached hydrogens (tertiary/aromatic N) is 4. The molecule has 1 aliphatic rings. The number of phosphoric acid groups is 1. The number of nitriles is 1. The summed E-state index contributed by atoms with van der Waals surface area (Å²) < 4.78 is 56.7. The van der Waals surface area contributed by atoms with Gasteiger partial charge < -0.3 is 35.1 Å². The third kappa shape index (κ3) is 14.1. The van der Waals surface area contributed by atoms with E-state index in [1.54, 1.807) is 19.1 Å². The lowest BCUT2D eigenvalue weighted by molar-refractivity contribution is -0.0901. The summed E-state index contributed by atoms with van der Waals surface area (Å²) in [5.74, 6) is -0.380. The van der Waals surface area contributed by atoms with Crippen LogP contribution in [0.3, 0.4) is 0 Å². The van der Waals surface area contributed by atoms with Crippen molar-refractivity contribution in [3.8, 4) is 6.07 Å². The Labute approximate surface area is 330 Å². The number of rotatable bonds is 28. The minimum absolute atomic E-state index is 0.0212. The van der Waals surface area contributed by atoms with Crippen molar-refractivity contribution in [2.24, 2.45) is 0 Å². The first-order valence-corrected chi connectivity index (χ1v) is 21.6. The number of ether oxygens (including phenoxy) is 3. The summed E-state index contributed by atoms with van der Waals surface area (Å²) in [5.41, 5.74) is 5.84. The molecule has 312 valence electrons. The van der Waals surface area contributed by atoms with E-state index in [9.17, 15) is 29.3 Å². The van der Waals surface area contributed by atoms with Crippen LogP contribution in [0.15, 0.2) is 36.7 Å². The normalized spacial score (nSPS) is 21.3. The predicted octanol–water partition coefficient (Wildman–Crippen LogP) is 7.27. The number of phosphoric ester groups is 1. The molecule has 1 aliphatic heterocycles. The maximum absolute atomic E-state index is 14.0. The highest BCUT2D eigenvalue weighted by molar-refractivity contribution is 7.47. The fourth-order valence-electron chi connectivity index (χ4n) is 6.99. The van der Waals surface area contributed by atoms with Gasteiger partial charge in [0, 0.05) is 6.61 Å². The molecule has 2 aromatic heterocycles. The standard InChI is InChI=1S/C40H61FN5O9P/c1-3-4-5-6-7-8-9-10-11-12-13-14-15-16-17-20-51-26-33(52-25-31-21-30(24-42)22-32(41)23-31)27-53-56(49,50)54-28-35-37(47)38(48)40(2,55-35)36-19-18-34-39(43)44-29-45-46(34)36/h18-19,21-23,29,33,35,37-38,47-48H,3-17,20,25-28H2,1-2H3,(H,49,50)(H2,43,44,45)/t33-,35-,37-,38-,40+/m1/s1. The smallest absolute Gasteiger partial charge is 0.387 e. The van der Waals surface area contributed by atoms with Crippen LogP contribution in [0.1, 0.15) is 127 Å². The minimum Gasteiger partial charge on any atom is -0.387 e. The molecule has 0 radical (unpaired) electrons. The van der Waals surface area contributed by atoms with Crippen LogP contribution < -0.4 is 5.73 Å². The molecule has 0 bridgehead atoms. The van der Waals surface area contributed by atoms with Crippen LogP contribution in [0.2, 0.25) is 0 Å². The van der Waals surface area contributed by atoms with Gasteiger partial charge in [-0.2, -0.15) is 10.4 Å². The summed E-state index contributed by atoms with van der Waals surface area (Å²) in [7, 11) is -4.74. The van der Waals surface area contributed by atoms with Crippen molar-refractivity contribution >= 4 is 19.2 Å². The van der Waals surface area contributed by atoms with Crippen LogP contribution in [-0.4, -0.2) is 80.5 Å². The summed E-state index contributed by atoms with van der Waals surface area (Å²) in [5, 5.41) is 35.2. The van der Waals surface area contributed by atoms with Gasteiger partial charge in [0.2, 0.25) is 0 Å². The predicted molar refractivity (Wildman–Crippen MR) is 209 cm³/mol. The second-order valence-corrected chi connectivity index (χ2v) is 16.3. The monoisotopic (exact) mass is 805 g/mol. The number of aliphatic hydroxyl groups excluding tert-OH is 2. The lowest BCUT2D eigenvalue weighted by Gasteiger charge is -2.27. The number of hydrogen-bond acceptors (Lipinski definition) is 12. The van der Waals surface area contributed by atoms with Gasteiger partial charge in [0.1, 0.15) is 47.7 Å². The van der Waals surface area contributed by atoms with Crippen LogP contribution in [0.4, 0.5) is 10.2 Å². The number of nitrogens with two attached hydrogens (primary N) is 1. The molecule has 1 unspecified atom stereocenters. The number of nitrogen functional groups attached to an aromatic ring is 1. The minimum atomic E-state index is -4.74. The molecule has 3 heterocycles. The van der Waals surface area contributed by atoms with Crippen LogP contribution >= 0.6 is 7.82 Å². The van der Waals surface area contributed by atoms with E-state index in [-0.39, 0.29) is 24.6 Å². The molecule has 16 heteroatoms. The van der Waals surface area contributed by atoms with Crippen molar-refractivity contribution in [3.05, 3.63) is 59.3 Å². The number of aromatic nitrogens is 3. The number of unbranched alkanes of at least 4 members (excludes halogenated alkanes) is 14. The van der Waals surface area contributed by atoms with E-state index in [0.29, 0.717) is 23.4 Å². The van der Waals surface area contributed by atoms with Gasteiger partial charge in [-0.05, 0) is 49.2 Å². The van der Waals surface area contributed by atoms with E-state index >= 15 is 0 Å². The summed E-state index contributed by atoms with van der Waals surface area (Å²) in [6, 6.07) is 9.03. The fraction of sp³-hybridized carbons (Fsp3) is 0.675. The Hall–Kier alpha value is -3.03. The number of aliphatic hydroxyl groups is 2. The summed E-state index contributed by atoms with van der Waals surface area (Å²) in [6.45, 7) is 3.16. The highest BCUT2D eigenvalue weighted by atomic mass is 31.2. The van der Waals surface area contributed by atoms with E-state index in [1.165, 1.54) is 100 Å². The van der Waals surface area contributed by atoms with Crippen LogP contribution in [-0.2, 0) is 40.0 Å². The van der Waals surface area contributed by atoms with Gasteiger partial charge in [-0.25, -0.2) is 18.5 Å². The molecule has 6 atom stereocenters. The average molecular weight is 806 g/mol. The van der Waals surface area contributed by atoms with Crippen molar-refractivity contribution < 1.29 is 47.3 Å². The maximum atomic E-state index is 14.0. The van der Waals surface area contributed by atoms with Crippen molar-refractivity contribution in [2.75, 3.05) is 32.2 Å². The van der Waals surface area contributed by atoms with E-state index < -0.39 is 56.9 Å². The van der Waals surface area contributed by atoms with Crippen molar-refractivity contribution in [1.29, 1.82) is 5.26 Å². The van der Waals surface area contributed by atoms with Crippen molar-refractivity contribution in [1.82, 2.24) is 14.6 Å². The molecular formula is C40H61FN5O9P. The molecule has 14 nitrogen and oxygen atoms in total. The number of hydrogen-bond donors (Lipinski definition) is 4. The SMILES string of the molecule is CCCCCCCCCCCCCCCCCOC[C@H](COP(=O)(O)OC[C@H]1O[C@@](C)(c2ccc3c(N)ncnn23)[C@H](O)[C@@H]1O)OCc1cc(F)cc(C#N)c1. The zero-order valence-electron chi connectivity index (χ0n) is 32.9. The third-order valence-corrected chi connectivity index (χ3v) is 11.2. The highest BCUT2D eigenvalue weighted by Gasteiger charge is 2.54. The Kier molecular flexibility index (Phi) is 19.1. The van der Waals surface area contributed by atoms with Crippen molar-refractivity contribution in [3.63, 3.8) is 0 Å². The van der Waals surface area contributed by atoms with Gasteiger partial charge in [-0.3, -0.25) is 9.05 Å². The molecule has 5 N–H and O–H groups in total. The second-order valence-electron chi connectivity index (χ2n) is 14.8. The highest BCUT2D eigenvalue weighted by Crippen LogP contribution is 2.46. The molecule has 0 saturated carbocycles. The molecule has 0 aliphatic carbocycles. The molecule has 56 heavy (non-hydrogen) atoms. The molecule has 0 amide bonds. The molecule has 0 spiro atoms. The summed E-state index contributed by atoms with van der Waals surface area (Å²) >= 11 is 0. The molecule has 1 saturated heterocycles. The number of anilines is 1. The number of halogens is 1. The lowest BCUT2D eigenvalue weighted by atomic mass is 9.93. The summed E-state index contributed by atoms with van der Waals surface area (Å²) in [4.78, 5) is 14.5. The van der Waals surface area contributed by atoms with Gasteiger partial charge in [0.05, 0.1) is 43.8 Å². The molecule has 1 fully saturated rings. The zero-order chi connectivity index (χ0) is 40.4. The fourth-order valence-corrected chi connectivity index (χ4v) is 7.75. The van der Waals surface area contributed by atoms with E-state index in [4.69, 9.17) is 29.0 Å². The Balaban J connectivity index is 1.20. The van der Waals surface area contributed by atoms with Gasteiger partial charge in [-0.15, -0.1) is 0 Å². The van der Waals surface area contributed by atoms with Gasteiger partial charge >= 0.3 is 7.82 Å². The van der Waals surface area contributed by atoms with E-state index in [1.807, 2.05) is 6.07 Å². The second kappa shape index (κ2) is 23.4. The first kappa shape index (κ1) is 45.7. The summed E-state index contributed by atoms with van der Waals surface area (Å²) in [6.07, 6.45) is 15.0. The Morgan fingerprint density at radius 2 is 1.62 bits per heavy atom. The van der Waals surface area contributed by atoms with Gasteiger partial charge in [0.15, 0.2) is 5.82 Å². The Morgan fingerprint density at radius 1 is 0.982 bits per heavy atom. The first-order chi connectivity index (χ1) is 27.0. The number of fused-ring (bicyclic) bond motifs is 1. The van der Waals surface area contributed by atoms with E-state index in [0.717, 1.165) is 25.3 Å². The Morgan fingerprint density at radius 3 is 2.27 bits per heavy atom. The third-order valence-electron chi connectivity index (χ3n) is 10.2. The van der Waals surface area contributed by atoms with Gasteiger partial charge in [-0.1, -0.05) is 96.8 Å². The average Bonchev–Trinajstić information content (AvgIpc) is 3.72. The molecule has 3 aromatic rings. The Bertz CT molecular complexity index is 1710. The number of benzene rings is 1. The molecule has 1 aromatic carbocycles. The quantitative estimate of drug-likeness (QED) is 0.0422. The van der Waals surface area contributed by atoms with E-state index in [2.05, 4.69) is 17.0 Å². The van der Waals surface area contributed by atoms with Gasteiger partial charge in [0.25, 0.3) is 0 Å². The van der Waals surface area contributed by atoms with Crippen LogP contribution in [0.5, 0.6) is 0 Å². The molecule has 4 rings (SSSR count). The van der Waals surface area contributed by atoms with Crippen LogP contribution in [0.25, 0.3) is 5.52 Å².